The minimum Gasteiger partial charge on any atom is -0.493 e. The van der Waals surface area contributed by atoms with E-state index in [-0.39, 0.29) is 17.9 Å². The fourth-order valence-electron chi connectivity index (χ4n) is 3.23. The van der Waals surface area contributed by atoms with Crippen LogP contribution < -0.4 is 20.3 Å². The van der Waals surface area contributed by atoms with Gasteiger partial charge in [-0.2, -0.15) is 0 Å². The summed E-state index contributed by atoms with van der Waals surface area (Å²) < 4.78 is 12.3. The monoisotopic (exact) mass is 532 g/mol. The summed E-state index contributed by atoms with van der Waals surface area (Å²) in [5.74, 6) is 0.741. The maximum absolute atomic E-state index is 12.6. The summed E-state index contributed by atoms with van der Waals surface area (Å²) in [5, 5.41) is 0. The van der Waals surface area contributed by atoms with Crippen LogP contribution in [0.3, 0.4) is 0 Å². The predicted molar refractivity (Wildman–Crippen MR) is 139 cm³/mol. The van der Waals surface area contributed by atoms with Gasteiger partial charge in [-0.1, -0.05) is 52.8 Å². The van der Waals surface area contributed by atoms with Gasteiger partial charge in [0.2, 0.25) is 5.91 Å². The fraction of sp³-hybridized carbons (Fsp3) is 0.481. The van der Waals surface area contributed by atoms with Crippen LogP contribution in [-0.4, -0.2) is 25.0 Å². The first-order valence-electron chi connectivity index (χ1n) is 11.5. The summed E-state index contributed by atoms with van der Waals surface area (Å²) in [4.78, 5) is 24.8. The Morgan fingerprint density at radius 3 is 2.26 bits per heavy atom. The molecule has 0 spiro atoms. The van der Waals surface area contributed by atoms with Crippen molar-refractivity contribution in [3.05, 3.63) is 57.6 Å². The quantitative estimate of drug-likeness (QED) is 0.317. The number of amides is 2. The highest BCUT2D eigenvalue weighted by Gasteiger charge is 2.27. The van der Waals surface area contributed by atoms with Crippen molar-refractivity contribution in [1.29, 1.82) is 0 Å². The highest BCUT2D eigenvalue weighted by molar-refractivity contribution is 9.10. The Kier molecular flexibility index (Phi) is 9.56. The number of hydrogen-bond acceptors (Lipinski definition) is 4. The second kappa shape index (κ2) is 11.7. The van der Waals surface area contributed by atoms with Crippen molar-refractivity contribution in [2.45, 2.75) is 66.7 Å². The molecule has 0 atom stereocenters. The number of carbonyl (C=O) groups is 2. The zero-order valence-corrected chi connectivity index (χ0v) is 22.9. The summed E-state index contributed by atoms with van der Waals surface area (Å²) in [6.07, 6.45) is 1.33. The van der Waals surface area contributed by atoms with Gasteiger partial charge >= 0.3 is 0 Å². The van der Waals surface area contributed by atoms with E-state index >= 15 is 0 Å². The molecule has 0 fully saturated rings. The van der Waals surface area contributed by atoms with Crippen LogP contribution in [0.2, 0.25) is 0 Å². The molecule has 34 heavy (non-hydrogen) atoms. The highest BCUT2D eigenvalue weighted by atomic mass is 79.9. The number of nitrogens with one attached hydrogen (secondary N) is 2. The maximum atomic E-state index is 12.6. The van der Waals surface area contributed by atoms with Gasteiger partial charge in [-0.15, -0.1) is 0 Å². The summed E-state index contributed by atoms with van der Waals surface area (Å²) in [5.41, 5.74) is 7.69. The molecule has 2 aromatic rings. The number of rotatable bonds is 9. The Bertz CT molecular complexity index is 1010. The predicted octanol–water partition coefficient (Wildman–Crippen LogP) is 5.78. The molecule has 2 rings (SSSR count). The summed E-state index contributed by atoms with van der Waals surface area (Å²) in [6, 6.07) is 11.9. The van der Waals surface area contributed by atoms with Crippen LogP contribution in [0.15, 0.2) is 40.9 Å². The van der Waals surface area contributed by atoms with Gasteiger partial charge < -0.3 is 9.47 Å². The van der Waals surface area contributed by atoms with Crippen LogP contribution in [-0.2, 0) is 15.0 Å². The van der Waals surface area contributed by atoms with Crippen molar-refractivity contribution in [3.8, 4) is 11.5 Å². The molecule has 2 N–H and O–H groups in total. The summed E-state index contributed by atoms with van der Waals surface area (Å²) >= 11 is 3.49. The van der Waals surface area contributed by atoms with Crippen LogP contribution in [0, 0.1) is 19.3 Å². The number of carbonyl (C=O) groups excluding carboxylic acids is 2. The van der Waals surface area contributed by atoms with Gasteiger partial charge in [0.1, 0.15) is 11.5 Å². The van der Waals surface area contributed by atoms with E-state index in [2.05, 4.69) is 53.6 Å². The lowest BCUT2D eigenvalue weighted by molar-refractivity contribution is -0.135. The molecular weight excluding hydrogens is 496 g/mol. The zero-order valence-electron chi connectivity index (χ0n) is 21.3. The molecule has 0 radical (unpaired) electrons. The molecule has 186 valence electrons. The van der Waals surface area contributed by atoms with E-state index in [0.29, 0.717) is 25.2 Å². The third-order valence-corrected chi connectivity index (χ3v) is 6.25. The fourth-order valence-corrected chi connectivity index (χ4v) is 3.73. The molecule has 2 amide bonds. The van der Waals surface area contributed by atoms with E-state index in [1.807, 2.05) is 58.0 Å². The first-order chi connectivity index (χ1) is 15.8. The summed E-state index contributed by atoms with van der Waals surface area (Å²) in [6.45, 7) is 14.4. The molecule has 0 bridgehead atoms. The Labute approximate surface area is 211 Å². The van der Waals surface area contributed by atoms with Gasteiger partial charge in [0.25, 0.3) is 5.91 Å². The van der Waals surface area contributed by atoms with Crippen molar-refractivity contribution < 1.29 is 19.1 Å². The SMILES string of the molecule is Cc1ccc(C)c(OCCCC(C)(C)C(=O)NNC(=O)COc2ccc(C(C)(C)C)cc2Br)c1. The molecule has 0 aliphatic rings. The van der Waals surface area contributed by atoms with Gasteiger partial charge in [-0.3, -0.25) is 20.4 Å². The topological polar surface area (TPSA) is 76.7 Å². The number of hydrogen-bond donors (Lipinski definition) is 2. The van der Waals surface area contributed by atoms with Gasteiger partial charge in [0.05, 0.1) is 11.1 Å². The molecule has 0 aliphatic carbocycles. The van der Waals surface area contributed by atoms with Crippen molar-refractivity contribution in [2.75, 3.05) is 13.2 Å². The third-order valence-electron chi connectivity index (χ3n) is 5.63. The molecule has 7 heteroatoms. The lowest BCUT2D eigenvalue weighted by Gasteiger charge is -2.24. The van der Waals surface area contributed by atoms with E-state index in [9.17, 15) is 9.59 Å². The first kappa shape index (κ1) is 27.7. The largest absolute Gasteiger partial charge is 0.493 e. The number of aryl methyl sites for hydroxylation is 2. The van der Waals surface area contributed by atoms with E-state index in [1.54, 1.807) is 0 Å². The van der Waals surface area contributed by atoms with Crippen LogP contribution in [0.1, 0.15) is 64.2 Å². The van der Waals surface area contributed by atoms with Crippen molar-refractivity contribution in [3.63, 3.8) is 0 Å². The van der Waals surface area contributed by atoms with Crippen LogP contribution in [0.4, 0.5) is 0 Å². The average molecular weight is 534 g/mol. The van der Waals surface area contributed by atoms with E-state index < -0.39 is 11.3 Å². The number of ether oxygens (including phenoxy) is 2. The Hall–Kier alpha value is -2.54. The smallest absolute Gasteiger partial charge is 0.276 e. The normalized spacial score (nSPS) is 11.6. The van der Waals surface area contributed by atoms with E-state index in [4.69, 9.17) is 9.47 Å². The van der Waals surface area contributed by atoms with E-state index in [1.165, 1.54) is 0 Å². The molecular formula is C27H37BrN2O4. The van der Waals surface area contributed by atoms with Crippen LogP contribution >= 0.6 is 15.9 Å². The number of benzene rings is 2. The lowest BCUT2D eigenvalue weighted by atomic mass is 9.87. The molecule has 0 heterocycles. The highest BCUT2D eigenvalue weighted by Crippen LogP contribution is 2.31. The molecule has 0 saturated carbocycles. The van der Waals surface area contributed by atoms with Crippen molar-refractivity contribution in [2.24, 2.45) is 5.41 Å². The Morgan fingerprint density at radius 2 is 1.62 bits per heavy atom. The van der Waals surface area contributed by atoms with E-state index in [0.717, 1.165) is 26.9 Å². The zero-order chi connectivity index (χ0) is 25.5. The Morgan fingerprint density at radius 1 is 0.912 bits per heavy atom. The second-order valence-electron chi connectivity index (χ2n) is 10.3. The van der Waals surface area contributed by atoms with Crippen molar-refractivity contribution in [1.82, 2.24) is 10.9 Å². The average Bonchev–Trinajstić information content (AvgIpc) is 2.75. The number of halogens is 1. The molecule has 0 unspecified atom stereocenters. The standard InChI is InChI=1S/C27H37BrN2O4/c1-18-9-10-19(2)23(15-18)33-14-8-13-27(6,7)25(32)30-29-24(31)17-34-22-12-11-20(16-21(22)28)26(3,4)5/h9-12,15-16H,8,13-14,17H2,1-7H3,(H,29,31)(H,30,32). The minimum absolute atomic E-state index is 0.0150. The molecule has 0 aromatic heterocycles. The molecule has 2 aromatic carbocycles. The van der Waals surface area contributed by atoms with Gasteiger partial charge in [-0.05, 0) is 82.9 Å². The lowest BCUT2D eigenvalue weighted by Crippen LogP contribution is -2.49. The van der Waals surface area contributed by atoms with Crippen molar-refractivity contribution >= 4 is 27.7 Å². The summed E-state index contributed by atoms with van der Waals surface area (Å²) in [7, 11) is 0. The van der Waals surface area contributed by atoms with Crippen LogP contribution in [0.5, 0.6) is 11.5 Å². The minimum atomic E-state index is -0.662. The van der Waals surface area contributed by atoms with Gasteiger partial charge in [0.15, 0.2) is 6.61 Å². The molecule has 6 nitrogen and oxygen atoms in total. The third kappa shape index (κ3) is 8.35. The van der Waals surface area contributed by atoms with Gasteiger partial charge in [0, 0.05) is 5.41 Å². The van der Waals surface area contributed by atoms with Gasteiger partial charge in [-0.25, -0.2) is 0 Å². The second-order valence-corrected chi connectivity index (χ2v) is 11.1. The Balaban J connectivity index is 1.75. The number of hydrazine groups is 1. The van der Waals surface area contributed by atoms with Crippen LogP contribution in [0.25, 0.3) is 0 Å². The molecule has 0 saturated heterocycles. The molecule has 0 aliphatic heterocycles. The maximum Gasteiger partial charge on any atom is 0.276 e. The first-order valence-corrected chi connectivity index (χ1v) is 12.3.